The average Bonchev–Trinajstić information content (AvgIpc) is 2.20. The molecule has 0 aromatic carbocycles. The monoisotopic (exact) mass is 219 g/mol. The number of alkyl halides is 1. The van der Waals surface area contributed by atoms with Crippen molar-refractivity contribution in [1.29, 1.82) is 0 Å². The average molecular weight is 220 g/mol. The lowest BCUT2D eigenvalue weighted by atomic mass is 10.5. The van der Waals surface area contributed by atoms with E-state index in [0.717, 1.165) is 0 Å². The minimum Gasteiger partial charge on any atom is -0.464 e. The van der Waals surface area contributed by atoms with Crippen molar-refractivity contribution in [1.82, 2.24) is 4.98 Å². The Kier molecular flexibility index (Phi) is 7.74. The SMILES string of the molecule is CCOC(=O)CF.Clc1ccccn1. The molecule has 78 valence electrons. The van der Waals surface area contributed by atoms with Gasteiger partial charge in [0.15, 0.2) is 6.67 Å². The van der Waals surface area contributed by atoms with Crippen molar-refractivity contribution in [3.05, 3.63) is 29.5 Å². The molecule has 3 nitrogen and oxygen atoms in total. The van der Waals surface area contributed by atoms with E-state index in [1.165, 1.54) is 0 Å². The Labute approximate surface area is 86.9 Å². The largest absolute Gasteiger partial charge is 0.464 e. The first kappa shape index (κ1) is 12.8. The fourth-order valence-electron chi connectivity index (χ4n) is 0.541. The summed E-state index contributed by atoms with van der Waals surface area (Å²) in [6.07, 6.45) is 1.66. The van der Waals surface area contributed by atoms with Gasteiger partial charge in [0.2, 0.25) is 0 Å². The molecule has 0 spiro atoms. The number of halogens is 2. The zero-order valence-corrected chi connectivity index (χ0v) is 8.50. The molecule has 0 N–H and O–H groups in total. The van der Waals surface area contributed by atoms with Gasteiger partial charge in [-0.15, -0.1) is 0 Å². The summed E-state index contributed by atoms with van der Waals surface area (Å²) in [5.41, 5.74) is 0. The fraction of sp³-hybridized carbons (Fsp3) is 0.333. The number of carbonyl (C=O) groups excluding carboxylic acids is 1. The van der Waals surface area contributed by atoms with E-state index in [1.807, 2.05) is 12.1 Å². The van der Waals surface area contributed by atoms with E-state index in [9.17, 15) is 9.18 Å². The molecule has 0 atom stereocenters. The molecule has 1 aromatic heterocycles. The topological polar surface area (TPSA) is 39.2 Å². The highest BCUT2D eigenvalue weighted by molar-refractivity contribution is 6.29. The van der Waals surface area contributed by atoms with Gasteiger partial charge in [0.25, 0.3) is 0 Å². The second-order valence-corrected chi connectivity index (χ2v) is 2.48. The molecule has 0 bridgehead atoms. The van der Waals surface area contributed by atoms with Crippen LogP contribution in [0.2, 0.25) is 5.15 Å². The van der Waals surface area contributed by atoms with Crippen LogP contribution in [0.25, 0.3) is 0 Å². The minimum atomic E-state index is -1.02. The number of hydrogen-bond donors (Lipinski definition) is 0. The molecule has 0 aliphatic carbocycles. The molecule has 0 saturated heterocycles. The predicted molar refractivity (Wildman–Crippen MR) is 51.9 cm³/mol. The Bertz CT molecular complexity index is 256. The fourth-order valence-corrected chi connectivity index (χ4v) is 0.671. The molecule has 5 heteroatoms. The van der Waals surface area contributed by atoms with Gasteiger partial charge in [0, 0.05) is 6.20 Å². The summed E-state index contributed by atoms with van der Waals surface area (Å²) in [6, 6.07) is 5.41. The smallest absolute Gasteiger partial charge is 0.337 e. The van der Waals surface area contributed by atoms with Crippen molar-refractivity contribution in [2.75, 3.05) is 13.3 Å². The van der Waals surface area contributed by atoms with Gasteiger partial charge in [-0.25, -0.2) is 14.2 Å². The molecule has 0 aliphatic rings. The lowest BCUT2D eigenvalue weighted by Crippen LogP contribution is -2.04. The van der Waals surface area contributed by atoms with Gasteiger partial charge < -0.3 is 4.74 Å². The van der Waals surface area contributed by atoms with Gasteiger partial charge >= 0.3 is 5.97 Å². The van der Waals surface area contributed by atoms with E-state index >= 15 is 0 Å². The first-order valence-electron chi connectivity index (χ1n) is 3.98. The minimum absolute atomic E-state index is 0.253. The maximum Gasteiger partial charge on any atom is 0.337 e. The van der Waals surface area contributed by atoms with E-state index in [0.29, 0.717) is 5.15 Å². The zero-order chi connectivity index (χ0) is 10.8. The second-order valence-electron chi connectivity index (χ2n) is 2.09. The standard InChI is InChI=1S/C5H4ClN.C4H7FO2/c6-5-3-1-2-4-7-5;1-2-7-4(6)3-5/h1-4H;2-3H2,1H3. The summed E-state index contributed by atoms with van der Waals surface area (Å²) in [5.74, 6) is -0.789. The van der Waals surface area contributed by atoms with Gasteiger partial charge in [0.05, 0.1) is 6.61 Å². The van der Waals surface area contributed by atoms with Crippen molar-refractivity contribution < 1.29 is 13.9 Å². The van der Waals surface area contributed by atoms with Crippen LogP contribution in [0.15, 0.2) is 24.4 Å². The molecule has 0 aliphatic heterocycles. The maximum atomic E-state index is 11.1. The van der Waals surface area contributed by atoms with Gasteiger partial charge in [-0.3, -0.25) is 0 Å². The number of ether oxygens (including phenoxy) is 1. The molecular weight excluding hydrogens is 209 g/mol. The van der Waals surface area contributed by atoms with Crippen LogP contribution in [-0.2, 0) is 9.53 Å². The summed E-state index contributed by atoms with van der Waals surface area (Å²) < 4.78 is 15.3. The normalized spacial score (nSPS) is 8.50. The molecule has 0 fully saturated rings. The van der Waals surface area contributed by atoms with Crippen LogP contribution in [0.4, 0.5) is 4.39 Å². The molecule has 0 saturated carbocycles. The zero-order valence-electron chi connectivity index (χ0n) is 7.74. The number of carbonyl (C=O) groups is 1. The highest BCUT2D eigenvalue weighted by atomic mass is 35.5. The van der Waals surface area contributed by atoms with Crippen molar-refractivity contribution in [2.45, 2.75) is 6.92 Å². The Balaban J connectivity index is 0.000000241. The van der Waals surface area contributed by atoms with E-state index in [1.54, 1.807) is 19.2 Å². The van der Waals surface area contributed by atoms with Crippen molar-refractivity contribution in [3.63, 3.8) is 0 Å². The quantitative estimate of drug-likeness (QED) is 0.566. The molecule has 0 unspecified atom stereocenters. The highest BCUT2D eigenvalue weighted by Crippen LogP contribution is 1.98. The van der Waals surface area contributed by atoms with E-state index in [-0.39, 0.29) is 6.61 Å². The third-order valence-electron chi connectivity index (χ3n) is 1.04. The third-order valence-corrected chi connectivity index (χ3v) is 1.27. The maximum absolute atomic E-state index is 11.1. The third kappa shape index (κ3) is 7.49. The number of nitrogens with zero attached hydrogens (tertiary/aromatic N) is 1. The number of aromatic nitrogens is 1. The van der Waals surface area contributed by atoms with Gasteiger partial charge in [0.1, 0.15) is 5.15 Å². The summed E-state index contributed by atoms with van der Waals surface area (Å²) in [5, 5.41) is 0.544. The number of rotatable bonds is 2. The summed E-state index contributed by atoms with van der Waals surface area (Å²) in [4.78, 5) is 13.6. The van der Waals surface area contributed by atoms with Crippen LogP contribution in [0, 0.1) is 0 Å². The molecule has 0 radical (unpaired) electrons. The van der Waals surface area contributed by atoms with Crippen LogP contribution in [-0.4, -0.2) is 24.2 Å². The summed E-state index contributed by atoms with van der Waals surface area (Å²) in [6.45, 7) is 0.865. The summed E-state index contributed by atoms with van der Waals surface area (Å²) >= 11 is 5.43. The molecule has 14 heavy (non-hydrogen) atoms. The number of esters is 1. The predicted octanol–water partition coefficient (Wildman–Crippen LogP) is 2.25. The van der Waals surface area contributed by atoms with Crippen molar-refractivity contribution >= 4 is 17.6 Å². The first-order chi connectivity index (χ1) is 6.70. The van der Waals surface area contributed by atoms with Gasteiger partial charge in [-0.1, -0.05) is 17.7 Å². The lowest BCUT2D eigenvalue weighted by Gasteiger charge is -1.92. The van der Waals surface area contributed by atoms with Crippen LogP contribution in [0.1, 0.15) is 6.92 Å². The lowest BCUT2D eigenvalue weighted by molar-refractivity contribution is -0.144. The van der Waals surface area contributed by atoms with Crippen LogP contribution < -0.4 is 0 Å². The van der Waals surface area contributed by atoms with Crippen LogP contribution in [0.5, 0.6) is 0 Å². The second kappa shape index (κ2) is 8.44. The molecule has 1 heterocycles. The Morgan fingerprint density at radius 2 is 2.36 bits per heavy atom. The van der Waals surface area contributed by atoms with E-state index < -0.39 is 12.6 Å². The molecule has 0 amide bonds. The van der Waals surface area contributed by atoms with Crippen molar-refractivity contribution in [3.8, 4) is 0 Å². The first-order valence-corrected chi connectivity index (χ1v) is 4.36. The van der Waals surface area contributed by atoms with Crippen LogP contribution in [0.3, 0.4) is 0 Å². The Morgan fingerprint density at radius 3 is 2.57 bits per heavy atom. The Hall–Kier alpha value is -1.16. The van der Waals surface area contributed by atoms with E-state index in [4.69, 9.17) is 11.6 Å². The molecular formula is C9H11ClFNO2. The highest BCUT2D eigenvalue weighted by Gasteiger charge is 1.94. The molecule has 1 rings (SSSR count). The number of hydrogen-bond acceptors (Lipinski definition) is 3. The van der Waals surface area contributed by atoms with E-state index in [2.05, 4.69) is 9.72 Å². The van der Waals surface area contributed by atoms with Gasteiger partial charge in [-0.05, 0) is 19.1 Å². The van der Waals surface area contributed by atoms with Gasteiger partial charge in [-0.2, -0.15) is 0 Å². The molecule has 1 aromatic rings. The number of pyridine rings is 1. The summed E-state index contributed by atoms with van der Waals surface area (Å²) in [7, 11) is 0. The van der Waals surface area contributed by atoms with Crippen LogP contribution >= 0.6 is 11.6 Å². The Morgan fingerprint density at radius 1 is 1.64 bits per heavy atom. The van der Waals surface area contributed by atoms with Crippen molar-refractivity contribution in [2.24, 2.45) is 0 Å².